The van der Waals surface area contributed by atoms with Gasteiger partial charge in [0.15, 0.2) is 0 Å². The van der Waals surface area contributed by atoms with Gasteiger partial charge in [-0.05, 0) is 41.4 Å². The van der Waals surface area contributed by atoms with E-state index >= 15 is 0 Å². The van der Waals surface area contributed by atoms with Crippen LogP contribution in [0.4, 0.5) is 8.78 Å². The zero-order valence-electron chi connectivity index (χ0n) is 13.1. The summed E-state index contributed by atoms with van der Waals surface area (Å²) in [6.45, 7) is 4.01. The molecule has 0 aliphatic rings. The molecule has 116 valence electrons. The van der Waals surface area contributed by atoms with Crippen LogP contribution in [-0.2, 0) is 0 Å². The molecule has 2 heteroatoms. The van der Waals surface area contributed by atoms with E-state index in [2.05, 4.69) is 0 Å². The normalized spacial score (nSPS) is 13.5. The molecule has 2 atom stereocenters. The summed E-state index contributed by atoms with van der Waals surface area (Å²) >= 11 is 0. The molecule has 0 N–H and O–H groups in total. The first kappa shape index (κ1) is 16.4. The van der Waals surface area contributed by atoms with Gasteiger partial charge in [-0.3, -0.25) is 0 Å². The molecular formula is C20H22F2. The standard InChI is InChI=1S/C20H22F2/c1-15(17-9-5-3-6-10-17)13-19(20(21)22)14-16(2)18-11-7-4-8-12-18/h3-12,15-16H,13-14H2,1-2H3. The monoisotopic (exact) mass is 300 g/mol. The summed E-state index contributed by atoms with van der Waals surface area (Å²) < 4.78 is 26.7. The van der Waals surface area contributed by atoms with Crippen molar-refractivity contribution in [2.75, 3.05) is 0 Å². The van der Waals surface area contributed by atoms with E-state index in [1.54, 1.807) is 0 Å². The number of benzene rings is 2. The summed E-state index contributed by atoms with van der Waals surface area (Å²) in [5, 5.41) is 0. The summed E-state index contributed by atoms with van der Waals surface area (Å²) in [7, 11) is 0. The highest BCUT2D eigenvalue weighted by atomic mass is 19.3. The fraction of sp³-hybridized carbons (Fsp3) is 0.300. The number of hydrogen-bond acceptors (Lipinski definition) is 0. The molecule has 0 spiro atoms. The van der Waals surface area contributed by atoms with Crippen LogP contribution < -0.4 is 0 Å². The molecule has 0 radical (unpaired) electrons. The average Bonchev–Trinajstić information content (AvgIpc) is 2.55. The Morgan fingerprint density at radius 2 is 1.09 bits per heavy atom. The van der Waals surface area contributed by atoms with Gasteiger partial charge in [-0.25, -0.2) is 0 Å². The van der Waals surface area contributed by atoms with Gasteiger partial charge in [0, 0.05) is 0 Å². The van der Waals surface area contributed by atoms with Crippen LogP contribution in [0.5, 0.6) is 0 Å². The molecule has 2 unspecified atom stereocenters. The summed E-state index contributed by atoms with van der Waals surface area (Å²) in [4.78, 5) is 0. The molecule has 0 aromatic heterocycles. The largest absolute Gasteiger partial charge is 0.269 e. The third-order valence-electron chi connectivity index (χ3n) is 4.11. The van der Waals surface area contributed by atoms with Crippen LogP contribution in [0.25, 0.3) is 0 Å². The summed E-state index contributed by atoms with van der Waals surface area (Å²) in [5.41, 5.74) is 2.48. The van der Waals surface area contributed by atoms with Crippen LogP contribution >= 0.6 is 0 Å². The topological polar surface area (TPSA) is 0 Å². The van der Waals surface area contributed by atoms with E-state index in [1.807, 2.05) is 74.5 Å². The van der Waals surface area contributed by atoms with Crippen LogP contribution in [0.3, 0.4) is 0 Å². The lowest BCUT2D eigenvalue weighted by molar-refractivity contribution is 0.398. The average molecular weight is 300 g/mol. The van der Waals surface area contributed by atoms with Crippen molar-refractivity contribution in [3.8, 4) is 0 Å². The molecular weight excluding hydrogens is 278 g/mol. The van der Waals surface area contributed by atoms with Crippen LogP contribution in [0.1, 0.15) is 49.7 Å². The zero-order valence-corrected chi connectivity index (χ0v) is 13.1. The molecule has 0 saturated heterocycles. The van der Waals surface area contributed by atoms with Crippen molar-refractivity contribution < 1.29 is 8.78 Å². The molecule has 0 nitrogen and oxygen atoms in total. The summed E-state index contributed by atoms with van der Waals surface area (Å²) in [6.07, 6.45) is -0.710. The van der Waals surface area contributed by atoms with Crippen molar-refractivity contribution >= 4 is 0 Å². The lowest BCUT2D eigenvalue weighted by Gasteiger charge is -2.18. The molecule has 0 aliphatic heterocycles. The maximum atomic E-state index is 13.3. The molecule has 2 aromatic carbocycles. The van der Waals surface area contributed by atoms with Crippen molar-refractivity contribution in [1.82, 2.24) is 0 Å². The lowest BCUT2D eigenvalue weighted by atomic mass is 9.87. The molecule has 0 fully saturated rings. The maximum Gasteiger partial charge on any atom is 0.269 e. The van der Waals surface area contributed by atoms with E-state index in [1.165, 1.54) is 0 Å². The van der Waals surface area contributed by atoms with E-state index in [9.17, 15) is 8.78 Å². The minimum Gasteiger partial charge on any atom is -0.173 e. The Morgan fingerprint density at radius 1 is 0.727 bits per heavy atom. The molecule has 0 bridgehead atoms. The van der Waals surface area contributed by atoms with Gasteiger partial charge >= 0.3 is 0 Å². The van der Waals surface area contributed by atoms with Gasteiger partial charge < -0.3 is 0 Å². The van der Waals surface area contributed by atoms with Crippen LogP contribution in [0, 0.1) is 0 Å². The number of hydrogen-bond donors (Lipinski definition) is 0. The highest BCUT2D eigenvalue weighted by Crippen LogP contribution is 2.32. The number of rotatable bonds is 6. The zero-order chi connectivity index (χ0) is 15.9. The Morgan fingerprint density at radius 3 is 1.41 bits per heavy atom. The Bertz CT molecular complexity index is 549. The fourth-order valence-corrected chi connectivity index (χ4v) is 2.78. The molecule has 22 heavy (non-hydrogen) atoms. The van der Waals surface area contributed by atoms with E-state index in [0.717, 1.165) is 11.1 Å². The Hall–Kier alpha value is -1.96. The second kappa shape index (κ2) is 7.88. The SMILES string of the molecule is CC(CC(CC(C)c1ccccc1)=C(F)F)c1ccccc1. The highest BCUT2D eigenvalue weighted by molar-refractivity contribution is 5.24. The van der Waals surface area contributed by atoms with Crippen LogP contribution in [0.15, 0.2) is 72.3 Å². The van der Waals surface area contributed by atoms with Crippen molar-refractivity contribution in [2.24, 2.45) is 0 Å². The smallest absolute Gasteiger partial charge is 0.173 e. The molecule has 2 rings (SSSR count). The van der Waals surface area contributed by atoms with Crippen LogP contribution in [0.2, 0.25) is 0 Å². The second-order valence-corrected chi connectivity index (χ2v) is 5.90. The van der Waals surface area contributed by atoms with E-state index in [4.69, 9.17) is 0 Å². The van der Waals surface area contributed by atoms with E-state index in [0.29, 0.717) is 12.8 Å². The third-order valence-corrected chi connectivity index (χ3v) is 4.11. The summed E-state index contributed by atoms with van der Waals surface area (Å²) in [6, 6.07) is 19.7. The van der Waals surface area contributed by atoms with E-state index < -0.39 is 6.08 Å². The predicted molar refractivity (Wildman–Crippen MR) is 88.2 cm³/mol. The highest BCUT2D eigenvalue weighted by Gasteiger charge is 2.16. The first-order valence-corrected chi connectivity index (χ1v) is 7.70. The van der Waals surface area contributed by atoms with Gasteiger partial charge in [0.25, 0.3) is 6.08 Å². The molecule has 2 aromatic rings. The predicted octanol–water partition coefficient (Wildman–Crippen LogP) is 6.52. The fourth-order valence-electron chi connectivity index (χ4n) is 2.78. The number of allylic oxidation sites excluding steroid dienone is 1. The van der Waals surface area contributed by atoms with Gasteiger partial charge in [-0.2, -0.15) is 8.78 Å². The van der Waals surface area contributed by atoms with Gasteiger partial charge in [0.05, 0.1) is 0 Å². The van der Waals surface area contributed by atoms with Crippen molar-refractivity contribution in [3.63, 3.8) is 0 Å². The van der Waals surface area contributed by atoms with Gasteiger partial charge in [-0.15, -0.1) is 0 Å². The first-order valence-electron chi connectivity index (χ1n) is 7.70. The quantitative estimate of drug-likeness (QED) is 0.569. The Kier molecular flexibility index (Phi) is 5.88. The van der Waals surface area contributed by atoms with Gasteiger partial charge in [-0.1, -0.05) is 74.5 Å². The summed E-state index contributed by atoms with van der Waals surface area (Å²) in [5.74, 6) is 0.196. The Balaban J connectivity index is 2.07. The second-order valence-electron chi connectivity index (χ2n) is 5.90. The lowest BCUT2D eigenvalue weighted by Crippen LogP contribution is -2.01. The minimum absolute atomic E-state index is 0.0978. The molecule has 0 heterocycles. The first-order chi connectivity index (χ1) is 10.6. The number of halogens is 2. The Labute approximate surface area is 131 Å². The maximum absolute atomic E-state index is 13.3. The molecule has 0 aliphatic carbocycles. The third kappa shape index (κ3) is 4.52. The van der Waals surface area contributed by atoms with Gasteiger partial charge in [0.2, 0.25) is 0 Å². The van der Waals surface area contributed by atoms with Crippen LogP contribution in [-0.4, -0.2) is 0 Å². The minimum atomic E-state index is -1.52. The van der Waals surface area contributed by atoms with Crippen molar-refractivity contribution in [1.29, 1.82) is 0 Å². The molecule has 0 amide bonds. The van der Waals surface area contributed by atoms with E-state index in [-0.39, 0.29) is 17.4 Å². The van der Waals surface area contributed by atoms with Gasteiger partial charge in [0.1, 0.15) is 0 Å². The van der Waals surface area contributed by atoms with Crippen molar-refractivity contribution in [3.05, 3.63) is 83.4 Å². The molecule has 0 saturated carbocycles. The van der Waals surface area contributed by atoms with Crippen molar-refractivity contribution in [2.45, 2.75) is 38.5 Å².